The van der Waals surface area contributed by atoms with Crippen molar-refractivity contribution in [3.63, 3.8) is 0 Å². The minimum atomic E-state index is 0.818. The van der Waals surface area contributed by atoms with Crippen LogP contribution >= 0.6 is 11.3 Å². The Morgan fingerprint density at radius 1 is 0.960 bits per heavy atom. The Balaban J connectivity index is 1.72. The molecule has 2 aliphatic rings. The van der Waals surface area contributed by atoms with E-state index >= 15 is 0 Å². The molecular weight excluding hydrogens is 332 g/mol. The summed E-state index contributed by atoms with van der Waals surface area (Å²) in [6, 6.07) is 0. The lowest BCUT2D eigenvalue weighted by molar-refractivity contribution is 0.0331. The zero-order valence-corrected chi connectivity index (χ0v) is 16.2. The van der Waals surface area contributed by atoms with Gasteiger partial charge in [0.05, 0.1) is 25.1 Å². The molecule has 2 saturated heterocycles. The third kappa shape index (κ3) is 3.66. The van der Waals surface area contributed by atoms with Crippen LogP contribution < -0.4 is 4.90 Å². The molecule has 5 nitrogen and oxygen atoms in total. The highest BCUT2D eigenvalue weighted by Gasteiger charge is 2.21. The highest BCUT2D eigenvalue weighted by molar-refractivity contribution is 7.18. The molecule has 4 rings (SSSR count). The average molecular weight is 361 g/mol. The van der Waals surface area contributed by atoms with Gasteiger partial charge in [0.2, 0.25) is 0 Å². The van der Waals surface area contributed by atoms with Gasteiger partial charge in [-0.1, -0.05) is 12.8 Å². The van der Waals surface area contributed by atoms with E-state index in [2.05, 4.69) is 23.6 Å². The summed E-state index contributed by atoms with van der Waals surface area (Å²) in [6.07, 6.45) is 5.22. The number of hydrogen-bond acceptors (Lipinski definition) is 6. The van der Waals surface area contributed by atoms with Gasteiger partial charge in [0.15, 0.2) is 0 Å². The minimum Gasteiger partial charge on any atom is -0.379 e. The van der Waals surface area contributed by atoms with E-state index < -0.39 is 0 Å². The largest absolute Gasteiger partial charge is 0.379 e. The Morgan fingerprint density at radius 2 is 1.68 bits per heavy atom. The maximum absolute atomic E-state index is 5.47. The molecule has 0 unspecified atom stereocenters. The molecule has 0 atom stereocenters. The van der Waals surface area contributed by atoms with Crippen molar-refractivity contribution in [2.24, 2.45) is 0 Å². The van der Waals surface area contributed by atoms with Crippen molar-refractivity contribution in [3.8, 4) is 0 Å². The molecule has 6 heteroatoms. The summed E-state index contributed by atoms with van der Waals surface area (Å²) >= 11 is 1.82. The van der Waals surface area contributed by atoms with Gasteiger partial charge in [-0.05, 0) is 32.3 Å². The fourth-order valence-corrected chi connectivity index (χ4v) is 4.86. The SMILES string of the molecule is Cc1sc2nc(CN3CCOCC3)nc(N3CCCCCC3)c2c1C. The Kier molecular flexibility index (Phi) is 5.20. The molecule has 0 spiro atoms. The van der Waals surface area contributed by atoms with Crippen LogP contribution in [-0.4, -0.2) is 54.3 Å². The molecule has 0 radical (unpaired) electrons. The summed E-state index contributed by atoms with van der Waals surface area (Å²) in [4.78, 5) is 17.4. The van der Waals surface area contributed by atoms with Gasteiger partial charge < -0.3 is 9.64 Å². The third-order valence-electron chi connectivity index (χ3n) is 5.43. The first-order valence-electron chi connectivity index (χ1n) is 9.54. The van der Waals surface area contributed by atoms with Gasteiger partial charge in [0.1, 0.15) is 16.5 Å². The zero-order chi connectivity index (χ0) is 17.2. The maximum atomic E-state index is 5.47. The van der Waals surface area contributed by atoms with Crippen LogP contribution in [0.2, 0.25) is 0 Å². The van der Waals surface area contributed by atoms with Gasteiger partial charge in [0, 0.05) is 31.1 Å². The van der Waals surface area contributed by atoms with Gasteiger partial charge in [-0.2, -0.15) is 0 Å². The highest BCUT2D eigenvalue weighted by Crippen LogP contribution is 2.35. The zero-order valence-electron chi connectivity index (χ0n) is 15.4. The average Bonchev–Trinajstić information content (AvgIpc) is 2.82. The summed E-state index contributed by atoms with van der Waals surface area (Å²) < 4.78 is 5.47. The van der Waals surface area contributed by atoms with Crippen molar-refractivity contribution in [1.82, 2.24) is 14.9 Å². The molecule has 25 heavy (non-hydrogen) atoms. The Morgan fingerprint density at radius 3 is 2.40 bits per heavy atom. The van der Waals surface area contributed by atoms with E-state index in [-0.39, 0.29) is 0 Å². The normalized spacial score (nSPS) is 20.2. The van der Waals surface area contributed by atoms with E-state index in [1.807, 2.05) is 11.3 Å². The molecule has 2 aromatic heterocycles. The van der Waals surface area contributed by atoms with Crippen molar-refractivity contribution in [2.75, 3.05) is 44.3 Å². The van der Waals surface area contributed by atoms with Crippen LogP contribution in [-0.2, 0) is 11.3 Å². The second-order valence-corrected chi connectivity index (χ2v) is 8.42. The molecule has 0 saturated carbocycles. The van der Waals surface area contributed by atoms with Crippen molar-refractivity contribution in [1.29, 1.82) is 0 Å². The topological polar surface area (TPSA) is 41.5 Å². The van der Waals surface area contributed by atoms with Gasteiger partial charge in [-0.25, -0.2) is 9.97 Å². The molecule has 4 heterocycles. The molecule has 0 aromatic carbocycles. The van der Waals surface area contributed by atoms with Crippen molar-refractivity contribution in [2.45, 2.75) is 46.1 Å². The minimum absolute atomic E-state index is 0.818. The van der Waals surface area contributed by atoms with Crippen LogP contribution in [0.25, 0.3) is 10.2 Å². The van der Waals surface area contributed by atoms with Crippen LogP contribution in [0, 0.1) is 13.8 Å². The Hall–Kier alpha value is -1.24. The van der Waals surface area contributed by atoms with Crippen LogP contribution in [0.4, 0.5) is 5.82 Å². The van der Waals surface area contributed by atoms with E-state index in [0.29, 0.717) is 0 Å². The first-order chi connectivity index (χ1) is 12.2. The summed E-state index contributed by atoms with van der Waals surface area (Å²) in [5.41, 5.74) is 1.36. The molecule has 2 fully saturated rings. The van der Waals surface area contributed by atoms with Crippen LogP contribution in [0.5, 0.6) is 0 Å². The predicted octanol–water partition coefficient (Wildman–Crippen LogP) is 3.52. The lowest BCUT2D eigenvalue weighted by Crippen LogP contribution is -2.36. The highest BCUT2D eigenvalue weighted by atomic mass is 32.1. The standard InChI is InChI=1S/C19H28N4OS/c1-14-15(2)25-19-17(14)18(23-7-5-3-4-6-8-23)20-16(21-19)13-22-9-11-24-12-10-22/h3-13H2,1-2H3. The summed E-state index contributed by atoms with van der Waals surface area (Å²) in [6.45, 7) is 11.1. The predicted molar refractivity (Wildman–Crippen MR) is 104 cm³/mol. The van der Waals surface area contributed by atoms with Gasteiger partial charge in [-0.15, -0.1) is 11.3 Å². The lowest BCUT2D eigenvalue weighted by atomic mass is 10.2. The van der Waals surface area contributed by atoms with Crippen LogP contribution in [0.3, 0.4) is 0 Å². The summed E-state index contributed by atoms with van der Waals surface area (Å²) in [7, 11) is 0. The van der Waals surface area contributed by atoms with Crippen LogP contribution in [0.15, 0.2) is 0 Å². The first kappa shape index (κ1) is 17.2. The number of rotatable bonds is 3. The van der Waals surface area contributed by atoms with E-state index in [1.165, 1.54) is 47.3 Å². The van der Waals surface area contributed by atoms with Crippen molar-refractivity contribution < 1.29 is 4.74 Å². The number of fused-ring (bicyclic) bond motifs is 1. The Bertz CT molecular complexity index is 731. The molecule has 0 aliphatic carbocycles. The molecule has 2 aliphatic heterocycles. The molecule has 0 bridgehead atoms. The van der Waals surface area contributed by atoms with Gasteiger partial charge in [-0.3, -0.25) is 4.90 Å². The maximum Gasteiger partial charge on any atom is 0.146 e. The molecule has 0 N–H and O–H groups in total. The van der Waals surface area contributed by atoms with E-state index in [1.54, 1.807) is 0 Å². The molecule has 2 aromatic rings. The summed E-state index contributed by atoms with van der Waals surface area (Å²) in [5.74, 6) is 2.15. The molecule has 136 valence electrons. The molecular formula is C19H28N4OS. The number of anilines is 1. The first-order valence-corrected chi connectivity index (χ1v) is 10.4. The number of ether oxygens (including phenoxy) is 1. The summed E-state index contributed by atoms with van der Waals surface area (Å²) in [5, 5.41) is 1.29. The monoisotopic (exact) mass is 360 g/mol. The fraction of sp³-hybridized carbons (Fsp3) is 0.684. The number of aryl methyl sites for hydroxylation is 2. The quantitative estimate of drug-likeness (QED) is 0.838. The fourth-order valence-electron chi connectivity index (χ4n) is 3.81. The van der Waals surface area contributed by atoms with Crippen molar-refractivity contribution in [3.05, 3.63) is 16.3 Å². The van der Waals surface area contributed by atoms with E-state index in [4.69, 9.17) is 14.7 Å². The van der Waals surface area contributed by atoms with E-state index in [0.717, 1.165) is 56.6 Å². The van der Waals surface area contributed by atoms with Gasteiger partial charge >= 0.3 is 0 Å². The number of aromatic nitrogens is 2. The third-order valence-corrected chi connectivity index (χ3v) is 6.53. The second-order valence-electron chi connectivity index (χ2n) is 7.22. The smallest absolute Gasteiger partial charge is 0.146 e. The number of hydrogen-bond donors (Lipinski definition) is 0. The number of morpholine rings is 1. The number of nitrogens with zero attached hydrogens (tertiary/aromatic N) is 4. The Labute approximate surface area is 154 Å². The van der Waals surface area contributed by atoms with E-state index in [9.17, 15) is 0 Å². The van der Waals surface area contributed by atoms with Crippen molar-refractivity contribution >= 4 is 27.4 Å². The van der Waals surface area contributed by atoms with Gasteiger partial charge in [0.25, 0.3) is 0 Å². The number of thiophene rings is 1. The van der Waals surface area contributed by atoms with Crippen LogP contribution in [0.1, 0.15) is 41.9 Å². The second kappa shape index (κ2) is 7.56. The molecule has 0 amide bonds. The lowest BCUT2D eigenvalue weighted by Gasteiger charge is -2.27.